The molecular formula is C26H29N3O5. The van der Waals surface area contributed by atoms with Gasteiger partial charge in [0, 0.05) is 12.3 Å². The zero-order valence-electron chi connectivity index (χ0n) is 19.1. The van der Waals surface area contributed by atoms with E-state index in [-0.39, 0.29) is 31.8 Å². The van der Waals surface area contributed by atoms with Crippen molar-refractivity contribution in [2.45, 2.75) is 57.0 Å². The molecule has 178 valence electrons. The van der Waals surface area contributed by atoms with Crippen LogP contribution in [0.15, 0.2) is 48.5 Å². The molecule has 8 heteroatoms. The highest BCUT2D eigenvalue weighted by molar-refractivity contribution is 5.89. The third-order valence-electron chi connectivity index (χ3n) is 5.93. The zero-order chi connectivity index (χ0) is 24.5. The molecule has 1 aliphatic rings. The normalized spacial score (nSPS) is 13.6. The van der Waals surface area contributed by atoms with Crippen molar-refractivity contribution >= 4 is 18.0 Å². The van der Waals surface area contributed by atoms with Crippen molar-refractivity contribution in [2.24, 2.45) is 0 Å². The molecule has 0 spiro atoms. The minimum atomic E-state index is -1.13. The second-order valence-corrected chi connectivity index (χ2v) is 8.26. The van der Waals surface area contributed by atoms with Crippen molar-refractivity contribution in [1.29, 1.82) is 5.26 Å². The van der Waals surface area contributed by atoms with Gasteiger partial charge in [0.15, 0.2) is 0 Å². The van der Waals surface area contributed by atoms with E-state index in [1.807, 2.05) is 61.5 Å². The van der Waals surface area contributed by atoms with E-state index < -0.39 is 30.1 Å². The van der Waals surface area contributed by atoms with Crippen LogP contribution < -0.4 is 10.6 Å². The lowest BCUT2D eigenvalue weighted by molar-refractivity contribution is -0.142. The fourth-order valence-electron chi connectivity index (χ4n) is 4.25. The van der Waals surface area contributed by atoms with E-state index in [1.54, 1.807) is 0 Å². The van der Waals surface area contributed by atoms with Crippen LogP contribution in [0.5, 0.6) is 0 Å². The Morgan fingerprint density at radius 2 is 1.62 bits per heavy atom. The molecule has 1 unspecified atom stereocenters. The molecule has 1 aliphatic carbocycles. The number of carboxylic acids is 1. The summed E-state index contributed by atoms with van der Waals surface area (Å²) in [7, 11) is 0. The molecule has 2 amide bonds. The number of alkyl carbamates (subject to hydrolysis) is 1. The van der Waals surface area contributed by atoms with Crippen molar-refractivity contribution < 1.29 is 24.2 Å². The van der Waals surface area contributed by atoms with Crippen molar-refractivity contribution in [3.05, 3.63) is 59.7 Å². The van der Waals surface area contributed by atoms with Crippen molar-refractivity contribution in [3.8, 4) is 17.2 Å². The Morgan fingerprint density at radius 3 is 2.18 bits per heavy atom. The summed E-state index contributed by atoms with van der Waals surface area (Å²) in [5, 5.41) is 23.2. The molecule has 0 aromatic heterocycles. The standard InChI is InChI=1S/C26H29N3O5/c1-2-9-23(25(31)32)28-24(30)22(14-7-8-15-27)29-26(33)34-16-21-19-12-5-3-10-17(19)18-11-4-6-13-20(18)21/h3-6,10-13,21-23H,2,7-9,14,16H2,1H3,(H,28,30)(H,29,33)(H,31,32)/t22?,23-/m1/s1. The van der Waals surface area contributed by atoms with Gasteiger partial charge in [-0.25, -0.2) is 9.59 Å². The third kappa shape index (κ3) is 5.93. The smallest absolute Gasteiger partial charge is 0.407 e. The van der Waals surface area contributed by atoms with Crippen LogP contribution in [0, 0.1) is 11.3 Å². The molecule has 0 saturated heterocycles. The van der Waals surface area contributed by atoms with Gasteiger partial charge in [-0.15, -0.1) is 0 Å². The molecule has 0 aliphatic heterocycles. The van der Waals surface area contributed by atoms with Crippen LogP contribution in [-0.4, -0.2) is 41.8 Å². The lowest BCUT2D eigenvalue weighted by Gasteiger charge is -2.21. The number of fused-ring (bicyclic) bond motifs is 3. The maximum atomic E-state index is 12.7. The Balaban J connectivity index is 1.66. The number of nitriles is 1. The number of aliphatic carboxylic acids is 1. The molecule has 2 aromatic rings. The number of nitrogens with zero attached hydrogens (tertiary/aromatic N) is 1. The lowest BCUT2D eigenvalue weighted by atomic mass is 9.98. The van der Waals surface area contributed by atoms with Gasteiger partial charge >= 0.3 is 12.1 Å². The van der Waals surface area contributed by atoms with Crippen LogP contribution in [0.2, 0.25) is 0 Å². The summed E-state index contributed by atoms with van der Waals surface area (Å²) in [5.74, 6) is -1.86. The maximum Gasteiger partial charge on any atom is 0.407 e. The third-order valence-corrected chi connectivity index (χ3v) is 5.93. The number of carbonyl (C=O) groups excluding carboxylic acids is 2. The molecule has 8 nitrogen and oxygen atoms in total. The molecule has 34 heavy (non-hydrogen) atoms. The summed E-state index contributed by atoms with van der Waals surface area (Å²) in [6, 6.07) is 15.9. The second kappa shape index (κ2) is 11.8. The Morgan fingerprint density at radius 1 is 1.00 bits per heavy atom. The number of nitrogens with one attached hydrogen (secondary N) is 2. The van der Waals surface area contributed by atoms with Crippen LogP contribution >= 0.6 is 0 Å². The predicted octanol–water partition coefficient (Wildman–Crippen LogP) is 3.96. The number of carboxylic acid groups (broad SMARTS) is 1. The van der Waals surface area contributed by atoms with Gasteiger partial charge < -0.3 is 20.5 Å². The number of hydrogen-bond acceptors (Lipinski definition) is 5. The molecule has 3 N–H and O–H groups in total. The minimum Gasteiger partial charge on any atom is -0.480 e. The van der Waals surface area contributed by atoms with E-state index >= 15 is 0 Å². The zero-order valence-corrected chi connectivity index (χ0v) is 19.1. The van der Waals surface area contributed by atoms with E-state index in [0.717, 1.165) is 22.3 Å². The maximum absolute atomic E-state index is 12.7. The number of benzene rings is 2. The summed E-state index contributed by atoms with van der Waals surface area (Å²) >= 11 is 0. The molecule has 0 saturated carbocycles. The van der Waals surface area contributed by atoms with Crippen molar-refractivity contribution in [2.75, 3.05) is 6.61 Å². The SMILES string of the molecule is CCC[C@@H](NC(=O)C(CCCC#N)NC(=O)OCC1c2ccccc2-c2ccccc21)C(=O)O. The Kier molecular flexibility index (Phi) is 8.63. The van der Waals surface area contributed by atoms with Crippen LogP contribution in [0.1, 0.15) is 56.1 Å². The monoisotopic (exact) mass is 463 g/mol. The van der Waals surface area contributed by atoms with E-state index in [0.29, 0.717) is 12.8 Å². The molecule has 2 atom stereocenters. The number of rotatable bonds is 11. The molecule has 2 aromatic carbocycles. The van der Waals surface area contributed by atoms with Gasteiger partial charge in [0.05, 0.1) is 6.07 Å². The first-order valence-corrected chi connectivity index (χ1v) is 11.5. The number of hydrogen-bond donors (Lipinski definition) is 3. The van der Waals surface area contributed by atoms with Gasteiger partial charge in [-0.2, -0.15) is 5.26 Å². The topological polar surface area (TPSA) is 129 Å². The number of unbranched alkanes of at least 4 members (excludes halogenated alkanes) is 1. The highest BCUT2D eigenvalue weighted by Crippen LogP contribution is 2.44. The number of carbonyl (C=O) groups is 3. The highest BCUT2D eigenvalue weighted by atomic mass is 16.5. The summed E-state index contributed by atoms with van der Waals surface area (Å²) < 4.78 is 5.52. The molecule has 0 fully saturated rings. The van der Waals surface area contributed by atoms with E-state index in [1.165, 1.54) is 0 Å². The summed E-state index contributed by atoms with van der Waals surface area (Å²) in [6.45, 7) is 1.92. The second-order valence-electron chi connectivity index (χ2n) is 8.26. The fraction of sp³-hybridized carbons (Fsp3) is 0.385. The van der Waals surface area contributed by atoms with Gasteiger partial charge in [-0.3, -0.25) is 4.79 Å². The van der Waals surface area contributed by atoms with Crippen LogP contribution in [0.4, 0.5) is 4.79 Å². The van der Waals surface area contributed by atoms with E-state index in [2.05, 4.69) is 10.6 Å². The van der Waals surface area contributed by atoms with E-state index in [9.17, 15) is 19.5 Å². The lowest BCUT2D eigenvalue weighted by Crippen LogP contribution is -2.51. The molecule has 0 bridgehead atoms. The molecular weight excluding hydrogens is 434 g/mol. The van der Waals surface area contributed by atoms with Gasteiger partial charge in [0.2, 0.25) is 5.91 Å². The van der Waals surface area contributed by atoms with E-state index in [4.69, 9.17) is 10.00 Å². The summed E-state index contributed by atoms with van der Waals surface area (Å²) in [5.41, 5.74) is 4.36. The Labute approximate surface area is 198 Å². The largest absolute Gasteiger partial charge is 0.480 e. The van der Waals surface area contributed by atoms with Crippen molar-refractivity contribution in [1.82, 2.24) is 10.6 Å². The first-order chi connectivity index (χ1) is 16.5. The first-order valence-electron chi connectivity index (χ1n) is 11.5. The summed E-state index contributed by atoms with van der Waals surface area (Å²) in [4.78, 5) is 36.8. The Bertz CT molecular complexity index is 1030. The first kappa shape index (κ1) is 24.8. The average Bonchev–Trinajstić information content (AvgIpc) is 3.15. The van der Waals surface area contributed by atoms with Gasteiger partial charge in [-0.1, -0.05) is 61.9 Å². The van der Waals surface area contributed by atoms with Gasteiger partial charge in [0.25, 0.3) is 0 Å². The molecule has 3 rings (SSSR count). The summed E-state index contributed by atoms with van der Waals surface area (Å²) in [6.07, 6.45) is 0.883. The van der Waals surface area contributed by atoms with Crippen LogP contribution in [0.3, 0.4) is 0 Å². The highest BCUT2D eigenvalue weighted by Gasteiger charge is 2.30. The predicted molar refractivity (Wildman–Crippen MR) is 126 cm³/mol. The average molecular weight is 464 g/mol. The number of ether oxygens (including phenoxy) is 1. The fourth-order valence-corrected chi connectivity index (χ4v) is 4.25. The van der Waals surface area contributed by atoms with Crippen LogP contribution in [0.25, 0.3) is 11.1 Å². The quantitative estimate of drug-likeness (QED) is 0.433. The number of amides is 2. The molecule has 0 radical (unpaired) electrons. The minimum absolute atomic E-state index is 0.0972. The van der Waals surface area contributed by atoms with Crippen LogP contribution in [-0.2, 0) is 14.3 Å². The Hall–Kier alpha value is -3.86. The molecule has 0 heterocycles. The van der Waals surface area contributed by atoms with Crippen molar-refractivity contribution in [3.63, 3.8) is 0 Å². The van der Waals surface area contributed by atoms with Gasteiger partial charge in [0.1, 0.15) is 18.7 Å². The van der Waals surface area contributed by atoms with Gasteiger partial charge in [-0.05, 0) is 41.5 Å².